The normalized spacial score (nSPS) is 19.8. The highest BCUT2D eigenvalue weighted by Gasteiger charge is 2.33. The Hall–Kier alpha value is -2.77. The van der Waals surface area contributed by atoms with Gasteiger partial charge < -0.3 is 19.7 Å². The van der Waals surface area contributed by atoms with Crippen LogP contribution in [0.25, 0.3) is 0 Å². The molecule has 0 bridgehead atoms. The number of anilines is 2. The molecule has 3 amide bonds. The Balaban J connectivity index is 1.72. The maximum absolute atomic E-state index is 12.1. The molecular weight excluding hydrogens is 314 g/mol. The molecule has 8 nitrogen and oxygen atoms in total. The van der Waals surface area contributed by atoms with Gasteiger partial charge in [-0.25, -0.2) is 9.59 Å². The monoisotopic (exact) mass is 333 g/mol. The van der Waals surface area contributed by atoms with Crippen LogP contribution in [0.4, 0.5) is 21.0 Å². The lowest BCUT2D eigenvalue weighted by Crippen LogP contribution is -2.34. The van der Waals surface area contributed by atoms with E-state index in [2.05, 4.69) is 10.1 Å². The van der Waals surface area contributed by atoms with Gasteiger partial charge in [0, 0.05) is 24.8 Å². The highest BCUT2D eigenvalue weighted by atomic mass is 16.6. The van der Waals surface area contributed by atoms with E-state index in [1.807, 2.05) is 12.1 Å². The zero-order chi connectivity index (χ0) is 17.3. The van der Waals surface area contributed by atoms with E-state index in [0.29, 0.717) is 19.4 Å². The summed E-state index contributed by atoms with van der Waals surface area (Å²) in [5.74, 6) is 0.0878. The molecule has 0 radical (unpaired) electrons. The van der Waals surface area contributed by atoms with Crippen molar-refractivity contribution in [1.82, 2.24) is 5.32 Å². The summed E-state index contributed by atoms with van der Waals surface area (Å²) >= 11 is 0. The van der Waals surface area contributed by atoms with Crippen LogP contribution >= 0.6 is 0 Å². The number of hydrogen-bond donors (Lipinski definition) is 1. The van der Waals surface area contributed by atoms with Crippen molar-refractivity contribution in [1.29, 1.82) is 0 Å². The van der Waals surface area contributed by atoms with Crippen molar-refractivity contribution in [2.24, 2.45) is 0 Å². The first-order valence-corrected chi connectivity index (χ1v) is 7.69. The minimum atomic E-state index is -0.564. The number of amides is 3. The van der Waals surface area contributed by atoms with Gasteiger partial charge in [-0.1, -0.05) is 0 Å². The first-order chi connectivity index (χ1) is 11.5. The third kappa shape index (κ3) is 2.99. The first-order valence-electron chi connectivity index (χ1n) is 7.69. The van der Waals surface area contributed by atoms with Crippen molar-refractivity contribution in [2.75, 3.05) is 37.0 Å². The summed E-state index contributed by atoms with van der Waals surface area (Å²) in [5.41, 5.74) is 2.62. The van der Waals surface area contributed by atoms with Gasteiger partial charge in [-0.15, -0.1) is 0 Å². The van der Waals surface area contributed by atoms with Crippen molar-refractivity contribution in [3.8, 4) is 0 Å². The van der Waals surface area contributed by atoms with Gasteiger partial charge in [0.1, 0.15) is 6.10 Å². The Kier molecular flexibility index (Phi) is 4.28. The van der Waals surface area contributed by atoms with E-state index in [4.69, 9.17) is 4.74 Å². The molecule has 0 spiro atoms. The van der Waals surface area contributed by atoms with E-state index < -0.39 is 18.3 Å². The largest absolute Gasteiger partial charge is 0.453 e. The summed E-state index contributed by atoms with van der Waals surface area (Å²) in [6.07, 6.45) is -0.333. The lowest BCUT2D eigenvalue weighted by Gasteiger charge is -2.27. The molecule has 3 rings (SSSR count). The van der Waals surface area contributed by atoms with Gasteiger partial charge in [-0.3, -0.25) is 9.69 Å². The van der Waals surface area contributed by atoms with E-state index >= 15 is 0 Å². The first kappa shape index (κ1) is 16.1. The zero-order valence-electron chi connectivity index (χ0n) is 13.6. The minimum Gasteiger partial charge on any atom is -0.453 e. The SMILES string of the molecule is COC(=O)NCC1CN(c2ccc3c(c2)CCC(=O)N3C)C(=O)O1. The van der Waals surface area contributed by atoms with Gasteiger partial charge in [0.05, 0.1) is 20.2 Å². The quantitative estimate of drug-likeness (QED) is 0.900. The van der Waals surface area contributed by atoms with Crippen molar-refractivity contribution < 1.29 is 23.9 Å². The lowest BCUT2D eigenvalue weighted by molar-refractivity contribution is -0.118. The number of aryl methyl sites for hydroxylation is 1. The van der Waals surface area contributed by atoms with Crippen LogP contribution in [0.1, 0.15) is 12.0 Å². The Labute approximate surface area is 139 Å². The fourth-order valence-electron chi connectivity index (χ4n) is 2.92. The number of carbonyl (C=O) groups is 3. The van der Waals surface area contributed by atoms with Crippen LogP contribution in [0.3, 0.4) is 0 Å². The molecule has 0 aliphatic carbocycles. The average molecular weight is 333 g/mol. The number of fused-ring (bicyclic) bond motifs is 1. The molecule has 2 aliphatic heterocycles. The molecule has 1 aromatic carbocycles. The summed E-state index contributed by atoms with van der Waals surface area (Å²) in [6.45, 7) is 0.535. The van der Waals surface area contributed by atoms with Crippen molar-refractivity contribution in [3.63, 3.8) is 0 Å². The van der Waals surface area contributed by atoms with Crippen molar-refractivity contribution in [3.05, 3.63) is 23.8 Å². The molecule has 2 heterocycles. The molecule has 1 aromatic rings. The van der Waals surface area contributed by atoms with Gasteiger partial charge in [0.25, 0.3) is 0 Å². The topological polar surface area (TPSA) is 88.2 Å². The summed E-state index contributed by atoms with van der Waals surface area (Å²) < 4.78 is 9.75. The van der Waals surface area contributed by atoms with E-state index in [9.17, 15) is 14.4 Å². The van der Waals surface area contributed by atoms with E-state index in [-0.39, 0.29) is 12.5 Å². The number of methoxy groups -OCH3 is 1. The van der Waals surface area contributed by atoms with Crippen LogP contribution in [-0.2, 0) is 20.7 Å². The number of benzene rings is 1. The van der Waals surface area contributed by atoms with Gasteiger partial charge in [0.15, 0.2) is 0 Å². The number of cyclic esters (lactones) is 1. The molecule has 128 valence electrons. The standard InChI is InChI=1S/C16H19N3O5/c1-18-13-5-4-11(7-10(13)3-6-14(18)20)19-9-12(24-16(19)22)8-17-15(21)23-2/h4-5,7,12H,3,6,8-9H2,1-2H3,(H,17,21). The molecule has 24 heavy (non-hydrogen) atoms. The fraction of sp³-hybridized carbons (Fsp3) is 0.438. The minimum absolute atomic E-state index is 0.0878. The second-order valence-electron chi connectivity index (χ2n) is 5.75. The van der Waals surface area contributed by atoms with Crippen LogP contribution < -0.4 is 15.1 Å². The summed E-state index contributed by atoms with van der Waals surface area (Å²) in [4.78, 5) is 38.1. The van der Waals surface area contributed by atoms with Crippen LogP contribution in [0.2, 0.25) is 0 Å². The van der Waals surface area contributed by atoms with Crippen molar-refractivity contribution >= 4 is 29.5 Å². The van der Waals surface area contributed by atoms with Crippen LogP contribution in [0.15, 0.2) is 18.2 Å². The van der Waals surface area contributed by atoms with Crippen LogP contribution in [0.5, 0.6) is 0 Å². The number of nitrogens with one attached hydrogen (secondary N) is 1. The summed E-state index contributed by atoms with van der Waals surface area (Å²) in [7, 11) is 3.02. The summed E-state index contributed by atoms with van der Waals surface area (Å²) in [5, 5.41) is 2.52. The molecule has 0 aromatic heterocycles. The van der Waals surface area contributed by atoms with E-state index in [0.717, 1.165) is 16.9 Å². The Morgan fingerprint density at radius 1 is 1.38 bits per heavy atom. The predicted octanol–water partition coefficient (Wildman–Crippen LogP) is 1.28. The molecule has 1 fully saturated rings. The molecule has 8 heteroatoms. The van der Waals surface area contributed by atoms with Crippen molar-refractivity contribution in [2.45, 2.75) is 18.9 Å². The molecule has 1 unspecified atom stereocenters. The highest BCUT2D eigenvalue weighted by molar-refractivity contribution is 5.97. The molecule has 1 saturated heterocycles. The Morgan fingerprint density at radius 2 is 2.17 bits per heavy atom. The Morgan fingerprint density at radius 3 is 2.92 bits per heavy atom. The van der Waals surface area contributed by atoms with Gasteiger partial charge in [0.2, 0.25) is 5.91 Å². The third-order valence-corrected chi connectivity index (χ3v) is 4.25. The molecule has 1 N–H and O–H groups in total. The number of rotatable bonds is 3. The van der Waals surface area contributed by atoms with Gasteiger partial charge in [-0.05, 0) is 30.2 Å². The number of hydrogen-bond acceptors (Lipinski definition) is 5. The maximum atomic E-state index is 12.1. The second-order valence-corrected chi connectivity index (χ2v) is 5.75. The number of alkyl carbamates (subject to hydrolysis) is 1. The highest BCUT2D eigenvalue weighted by Crippen LogP contribution is 2.32. The second kappa shape index (κ2) is 6.38. The number of carbonyl (C=O) groups excluding carboxylic acids is 3. The van der Waals surface area contributed by atoms with Gasteiger partial charge >= 0.3 is 12.2 Å². The predicted molar refractivity (Wildman–Crippen MR) is 86.2 cm³/mol. The summed E-state index contributed by atoms with van der Waals surface area (Å²) in [6, 6.07) is 5.55. The molecule has 0 saturated carbocycles. The number of nitrogens with zero attached hydrogens (tertiary/aromatic N) is 2. The van der Waals surface area contributed by atoms with Crippen LogP contribution in [0, 0.1) is 0 Å². The molecular formula is C16H19N3O5. The lowest BCUT2D eigenvalue weighted by atomic mass is 10.0. The average Bonchev–Trinajstić information content (AvgIpc) is 2.96. The molecule has 1 atom stereocenters. The Bertz CT molecular complexity index is 690. The number of ether oxygens (including phenoxy) is 2. The van der Waals surface area contributed by atoms with E-state index in [1.165, 1.54) is 12.0 Å². The zero-order valence-corrected chi connectivity index (χ0v) is 13.6. The third-order valence-electron chi connectivity index (χ3n) is 4.25. The molecule has 2 aliphatic rings. The van der Waals surface area contributed by atoms with Crippen LogP contribution in [-0.4, -0.2) is 51.4 Å². The van der Waals surface area contributed by atoms with Gasteiger partial charge in [-0.2, -0.15) is 0 Å². The maximum Gasteiger partial charge on any atom is 0.414 e. The van der Waals surface area contributed by atoms with E-state index in [1.54, 1.807) is 18.0 Å². The smallest absolute Gasteiger partial charge is 0.414 e. The fourth-order valence-corrected chi connectivity index (χ4v) is 2.92.